The minimum atomic E-state index is -0.267. The Morgan fingerprint density at radius 1 is 1.22 bits per heavy atom. The Bertz CT molecular complexity index is 771. The van der Waals surface area contributed by atoms with E-state index in [0.29, 0.717) is 21.9 Å². The summed E-state index contributed by atoms with van der Waals surface area (Å²) in [4.78, 5) is 23.5. The van der Waals surface area contributed by atoms with Crippen LogP contribution in [0.4, 0.5) is 5.00 Å². The lowest BCUT2D eigenvalue weighted by Crippen LogP contribution is -2.12. The maximum atomic E-state index is 12.4. The highest BCUT2D eigenvalue weighted by atomic mass is 32.1. The van der Waals surface area contributed by atoms with Gasteiger partial charge in [-0.15, -0.1) is 11.3 Å². The molecule has 0 saturated carbocycles. The number of hydrogen-bond donors (Lipinski definition) is 1. The molecule has 0 aliphatic heterocycles. The van der Waals surface area contributed by atoms with Crippen molar-refractivity contribution in [1.29, 1.82) is 0 Å². The Kier molecular flexibility index (Phi) is 5.34. The molecular formula is C18H19NO3S. The zero-order valence-corrected chi connectivity index (χ0v) is 14.4. The van der Waals surface area contributed by atoms with E-state index in [2.05, 4.69) is 5.32 Å². The summed E-state index contributed by atoms with van der Waals surface area (Å²) >= 11 is 1.34. The zero-order valence-electron chi connectivity index (χ0n) is 13.6. The van der Waals surface area contributed by atoms with Crippen LogP contribution in [0.25, 0.3) is 0 Å². The first-order valence-electron chi connectivity index (χ1n) is 7.17. The number of hydrogen-bond acceptors (Lipinski definition) is 4. The number of allylic oxidation sites excluding steroid dienone is 1. The van der Waals surface area contributed by atoms with Gasteiger partial charge in [-0.1, -0.05) is 6.07 Å². The lowest BCUT2D eigenvalue weighted by Gasteiger charge is -2.09. The molecule has 120 valence electrons. The van der Waals surface area contributed by atoms with E-state index >= 15 is 0 Å². The molecule has 2 rings (SSSR count). The van der Waals surface area contributed by atoms with Crippen molar-refractivity contribution in [3.63, 3.8) is 0 Å². The Morgan fingerprint density at radius 2 is 1.96 bits per heavy atom. The van der Waals surface area contributed by atoms with Crippen molar-refractivity contribution in [1.82, 2.24) is 0 Å². The quantitative estimate of drug-likeness (QED) is 0.637. The van der Waals surface area contributed by atoms with Crippen LogP contribution in [0.3, 0.4) is 0 Å². The molecule has 0 bridgehead atoms. The van der Waals surface area contributed by atoms with Crippen LogP contribution in [0.1, 0.15) is 45.7 Å². The van der Waals surface area contributed by atoms with Gasteiger partial charge in [-0.05, 0) is 61.9 Å². The number of ether oxygens (including phenoxy) is 1. The maximum absolute atomic E-state index is 12.4. The molecule has 1 heterocycles. The third kappa shape index (κ3) is 4.07. The fraction of sp³-hybridized carbons (Fsp3) is 0.222. The van der Waals surface area contributed by atoms with Crippen LogP contribution >= 0.6 is 11.3 Å². The summed E-state index contributed by atoms with van der Waals surface area (Å²) in [7, 11) is 0. The molecule has 0 unspecified atom stereocenters. The Balaban J connectivity index is 2.24. The van der Waals surface area contributed by atoms with Crippen LogP contribution < -0.4 is 10.1 Å². The number of rotatable bonds is 5. The maximum Gasteiger partial charge on any atom is 0.256 e. The van der Waals surface area contributed by atoms with Crippen molar-refractivity contribution >= 4 is 28.5 Å². The lowest BCUT2D eigenvalue weighted by molar-refractivity contribution is 0.102. The van der Waals surface area contributed by atoms with Gasteiger partial charge in [0.25, 0.3) is 5.91 Å². The smallest absolute Gasteiger partial charge is 0.256 e. The molecule has 23 heavy (non-hydrogen) atoms. The van der Waals surface area contributed by atoms with Crippen molar-refractivity contribution in [3.05, 3.63) is 57.7 Å². The highest BCUT2D eigenvalue weighted by Gasteiger charge is 2.14. The second-order valence-electron chi connectivity index (χ2n) is 5.53. The molecule has 0 spiro atoms. The lowest BCUT2D eigenvalue weighted by atomic mass is 10.1. The first-order chi connectivity index (χ1) is 10.9. The van der Waals surface area contributed by atoms with Gasteiger partial charge < -0.3 is 10.1 Å². The fourth-order valence-electron chi connectivity index (χ4n) is 1.92. The summed E-state index contributed by atoms with van der Waals surface area (Å²) in [6.07, 6.45) is 2.41. The van der Waals surface area contributed by atoms with E-state index in [1.807, 2.05) is 39.1 Å². The number of carbonyl (C=O) groups excluding carboxylic acids is 2. The van der Waals surface area contributed by atoms with Gasteiger partial charge in [-0.3, -0.25) is 9.59 Å². The Morgan fingerprint density at radius 3 is 2.61 bits per heavy atom. The van der Waals surface area contributed by atoms with E-state index in [1.165, 1.54) is 11.3 Å². The number of carbonyl (C=O) groups is 2. The van der Waals surface area contributed by atoms with Crippen LogP contribution in [0.2, 0.25) is 0 Å². The topological polar surface area (TPSA) is 55.4 Å². The second kappa shape index (κ2) is 7.24. The second-order valence-corrected chi connectivity index (χ2v) is 6.41. The highest BCUT2D eigenvalue weighted by molar-refractivity contribution is 7.15. The largest absolute Gasteiger partial charge is 0.465 e. The SMILES string of the molecule is CC(C)=COc1cc(C(=O)Nc2scc(C)c2C=O)ccc1C. The minimum Gasteiger partial charge on any atom is -0.465 e. The molecule has 1 aromatic carbocycles. The van der Waals surface area contributed by atoms with E-state index in [-0.39, 0.29) is 5.91 Å². The van der Waals surface area contributed by atoms with Crippen molar-refractivity contribution in [2.45, 2.75) is 27.7 Å². The predicted octanol–water partition coefficient (Wildman–Crippen LogP) is 4.73. The van der Waals surface area contributed by atoms with Crippen LogP contribution in [-0.2, 0) is 0 Å². The molecular weight excluding hydrogens is 310 g/mol. The first-order valence-corrected chi connectivity index (χ1v) is 8.05. The first kappa shape index (κ1) is 17.0. The molecule has 0 aliphatic rings. The van der Waals surface area contributed by atoms with E-state index < -0.39 is 0 Å². The average molecular weight is 329 g/mol. The predicted molar refractivity (Wildman–Crippen MR) is 93.6 cm³/mol. The fourth-order valence-corrected chi connectivity index (χ4v) is 2.83. The average Bonchev–Trinajstić information content (AvgIpc) is 2.86. The van der Waals surface area contributed by atoms with Gasteiger partial charge in [0.05, 0.1) is 11.8 Å². The molecule has 1 N–H and O–H groups in total. The van der Waals surface area contributed by atoms with Crippen LogP contribution in [0.5, 0.6) is 5.75 Å². The van der Waals surface area contributed by atoms with E-state index in [9.17, 15) is 9.59 Å². The minimum absolute atomic E-state index is 0.267. The number of benzene rings is 1. The van der Waals surface area contributed by atoms with Crippen LogP contribution in [0.15, 0.2) is 35.4 Å². The summed E-state index contributed by atoms with van der Waals surface area (Å²) in [5, 5.41) is 5.20. The van der Waals surface area contributed by atoms with Gasteiger partial charge in [0, 0.05) is 5.56 Å². The molecule has 0 aliphatic carbocycles. The van der Waals surface area contributed by atoms with Gasteiger partial charge in [-0.25, -0.2) is 0 Å². The standard InChI is InChI=1S/C18H19NO3S/c1-11(2)9-22-16-7-14(6-5-12(16)3)17(21)19-18-15(8-20)13(4)10-23-18/h5-10H,1-4H3,(H,19,21). The molecule has 1 aromatic heterocycles. The molecule has 2 aromatic rings. The van der Waals surface area contributed by atoms with Crippen LogP contribution in [-0.4, -0.2) is 12.2 Å². The number of nitrogens with one attached hydrogen (secondary N) is 1. The number of aryl methyl sites for hydroxylation is 2. The van der Waals surface area contributed by atoms with Crippen LogP contribution in [0, 0.1) is 13.8 Å². The van der Waals surface area contributed by atoms with Gasteiger partial charge in [0.2, 0.25) is 0 Å². The normalized spacial score (nSPS) is 10.1. The van der Waals surface area contributed by atoms with Crippen molar-refractivity contribution in [2.75, 3.05) is 5.32 Å². The van der Waals surface area contributed by atoms with E-state index in [1.54, 1.807) is 18.4 Å². The van der Waals surface area contributed by atoms with Crippen molar-refractivity contribution < 1.29 is 14.3 Å². The summed E-state index contributed by atoms with van der Waals surface area (Å²) in [6, 6.07) is 5.27. The molecule has 5 heteroatoms. The molecule has 0 saturated heterocycles. The van der Waals surface area contributed by atoms with Gasteiger partial charge in [-0.2, -0.15) is 0 Å². The third-order valence-corrected chi connectivity index (χ3v) is 4.27. The number of aldehydes is 1. The third-order valence-electron chi connectivity index (χ3n) is 3.24. The van der Waals surface area contributed by atoms with E-state index in [4.69, 9.17) is 4.74 Å². The number of anilines is 1. The highest BCUT2D eigenvalue weighted by Crippen LogP contribution is 2.27. The zero-order chi connectivity index (χ0) is 17.0. The number of amides is 1. The molecule has 0 radical (unpaired) electrons. The van der Waals surface area contributed by atoms with Gasteiger partial charge in [0.15, 0.2) is 6.29 Å². The van der Waals surface area contributed by atoms with Crippen molar-refractivity contribution in [2.24, 2.45) is 0 Å². The van der Waals surface area contributed by atoms with E-state index in [0.717, 1.165) is 23.0 Å². The van der Waals surface area contributed by atoms with Gasteiger partial charge >= 0.3 is 0 Å². The monoisotopic (exact) mass is 329 g/mol. The molecule has 1 amide bonds. The van der Waals surface area contributed by atoms with Crippen molar-refractivity contribution in [3.8, 4) is 5.75 Å². The summed E-state index contributed by atoms with van der Waals surface area (Å²) < 4.78 is 5.59. The summed E-state index contributed by atoms with van der Waals surface area (Å²) in [5.74, 6) is 0.369. The Labute approximate surface area is 139 Å². The summed E-state index contributed by atoms with van der Waals surface area (Å²) in [5.41, 5.74) is 3.84. The molecule has 0 fully saturated rings. The van der Waals surface area contributed by atoms with Gasteiger partial charge in [0.1, 0.15) is 10.8 Å². The Hall–Kier alpha value is -2.40. The summed E-state index contributed by atoms with van der Waals surface area (Å²) in [6.45, 7) is 7.63. The molecule has 0 atom stereocenters. The number of thiophene rings is 1. The molecule has 4 nitrogen and oxygen atoms in total.